The van der Waals surface area contributed by atoms with Crippen molar-refractivity contribution in [3.05, 3.63) is 53.8 Å². The van der Waals surface area contributed by atoms with Crippen LogP contribution in [0.15, 0.2) is 47.5 Å². The number of benzene rings is 2. The van der Waals surface area contributed by atoms with Crippen LogP contribution < -0.4 is 20.5 Å². The summed E-state index contributed by atoms with van der Waals surface area (Å²) in [5.74, 6) is 1.26. The largest absolute Gasteiger partial charge is 0.493 e. The summed E-state index contributed by atoms with van der Waals surface area (Å²) in [5.41, 5.74) is 7.72. The average molecular weight is 488 g/mol. The van der Waals surface area contributed by atoms with Gasteiger partial charge in [0.15, 0.2) is 17.5 Å². The van der Waals surface area contributed by atoms with Crippen LogP contribution >= 0.6 is 24.0 Å². The number of guanidine groups is 1. The van der Waals surface area contributed by atoms with E-state index in [9.17, 15) is 4.39 Å². The lowest BCUT2D eigenvalue weighted by molar-refractivity contribution is 0.306. The lowest BCUT2D eigenvalue weighted by Crippen LogP contribution is -2.27. The van der Waals surface area contributed by atoms with Crippen LogP contribution in [0.4, 0.5) is 10.1 Å². The van der Waals surface area contributed by atoms with Gasteiger partial charge < -0.3 is 25.4 Å². The minimum Gasteiger partial charge on any atom is -0.493 e. The zero-order valence-corrected chi connectivity index (χ0v) is 18.2. The molecule has 0 aliphatic heterocycles. The molecule has 0 aliphatic rings. The smallest absolute Gasteiger partial charge is 0.193 e. The van der Waals surface area contributed by atoms with Crippen LogP contribution in [0.1, 0.15) is 11.6 Å². The molecule has 0 saturated heterocycles. The Morgan fingerprint density at radius 3 is 2.30 bits per heavy atom. The quantitative estimate of drug-likeness (QED) is 0.355. The molecule has 1 unspecified atom stereocenters. The molecular weight excluding hydrogens is 462 g/mol. The highest BCUT2D eigenvalue weighted by Gasteiger charge is 2.14. The second-order valence-corrected chi connectivity index (χ2v) is 5.95. The molecular formula is C19H26FIN4O2. The van der Waals surface area contributed by atoms with E-state index in [0.717, 1.165) is 11.3 Å². The summed E-state index contributed by atoms with van der Waals surface area (Å²) in [5, 5.41) is 3.04. The Labute approximate surface area is 176 Å². The fourth-order valence-corrected chi connectivity index (χ4v) is 2.54. The van der Waals surface area contributed by atoms with Crippen molar-refractivity contribution in [3.63, 3.8) is 0 Å². The zero-order chi connectivity index (χ0) is 19.1. The third-order valence-electron chi connectivity index (χ3n) is 3.97. The molecule has 6 nitrogen and oxygen atoms in total. The molecule has 2 aromatic carbocycles. The van der Waals surface area contributed by atoms with Gasteiger partial charge in [-0.15, -0.1) is 24.0 Å². The van der Waals surface area contributed by atoms with Crippen LogP contribution in [0, 0.1) is 5.82 Å². The van der Waals surface area contributed by atoms with E-state index in [1.807, 2.05) is 25.1 Å². The number of hydrogen-bond donors (Lipinski definition) is 2. The molecule has 2 rings (SSSR count). The minimum atomic E-state index is -0.260. The van der Waals surface area contributed by atoms with E-state index in [1.165, 1.54) is 12.1 Å². The number of rotatable bonds is 7. The zero-order valence-electron chi connectivity index (χ0n) is 15.9. The Kier molecular flexibility index (Phi) is 9.30. The summed E-state index contributed by atoms with van der Waals surface area (Å²) in [6.45, 7) is 0.435. The van der Waals surface area contributed by atoms with Crippen LogP contribution in [0.2, 0.25) is 0 Å². The van der Waals surface area contributed by atoms with Gasteiger partial charge in [0.05, 0.1) is 26.8 Å². The van der Waals surface area contributed by atoms with Crippen LogP contribution in [0.5, 0.6) is 11.5 Å². The summed E-state index contributed by atoms with van der Waals surface area (Å²) < 4.78 is 23.6. The number of nitrogens with one attached hydrogen (secondary N) is 1. The third-order valence-corrected chi connectivity index (χ3v) is 3.97. The van der Waals surface area contributed by atoms with E-state index >= 15 is 0 Å². The van der Waals surface area contributed by atoms with Crippen molar-refractivity contribution >= 4 is 35.6 Å². The van der Waals surface area contributed by atoms with Crippen molar-refractivity contribution in [1.29, 1.82) is 0 Å². The summed E-state index contributed by atoms with van der Waals surface area (Å²) >= 11 is 0. The van der Waals surface area contributed by atoms with E-state index in [-0.39, 0.29) is 41.8 Å². The Balaban J connectivity index is 0.00000364. The first-order chi connectivity index (χ1) is 12.4. The van der Waals surface area contributed by atoms with Crippen LogP contribution in [0.3, 0.4) is 0 Å². The minimum absolute atomic E-state index is 0. The monoisotopic (exact) mass is 488 g/mol. The third kappa shape index (κ3) is 6.55. The van der Waals surface area contributed by atoms with Gasteiger partial charge in [-0.3, -0.25) is 4.99 Å². The second kappa shape index (κ2) is 10.9. The number of aliphatic imine (C=N–C) groups is 1. The first-order valence-electron chi connectivity index (χ1n) is 8.15. The number of hydrogen-bond acceptors (Lipinski definition) is 4. The highest BCUT2D eigenvalue weighted by molar-refractivity contribution is 14.0. The molecule has 0 heterocycles. The maximum atomic E-state index is 13.1. The fourth-order valence-electron chi connectivity index (χ4n) is 2.54. The Morgan fingerprint density at radius 2 is 1.74 bits per heavy atom. The van der Waals surface area contributed by atoms with Gasteiger partial charge in [-0.2, -0.15) is 0 Å². The number of nitrogens with zero attached hydrogens (tertiary/aromatic N) is 2. The van der Waals surface area contributed by atoms with Crippen molar-refractivity contribution in [2.45, 2.75) is 6.04 Å². The molecule has 0 fully saturated rings. The molecule has 1 atom stereocenters. The molecule has 0 bridgehead atoms. The maximum Gasteiger partial charge on any atom is 0.193 e. The highest BCUT2D eigenvalue weighted by Crippen LogP contribution is 2.29. The van der Waals surface area contributed by atoms with Gasteiger partial charge in [-0.1, -0.05) is 12.1 Å². The number of methoxy groups -OCH3 is 2. The fraction of sp³-hybridized carbons (Fsp3) is 0.316. The number of likely N-dealkylation sites (N-methyl/N-ethyl adjacent to an activating group) is 1. The lowest BCUT2D eigenvalue weighted by Gasteiger charge is -2.23. The first kappa shape index (κ1) is 23.0. The van der Waals surface area contributed by atoms with Gasteiger partial charge in [-0.05, 0) is 43.9 Å². The second-order valence-electron chi connectivity index (χ2n) is 5.95. The molecule has 148 valence electrons. The van der Waals surface area contributed by atoms with Gasteiger partial charge in [-0.25, -0.2) is 4.39 Å². The lowest BCUT2D eigenvalue weighted by atomic mass is 10.1. The van der Waals surface area contributed by atoms with Gasteiger partial charge >= 0.3 is 0 Å². The first-order valence-corrected chi connectivity index (χ1v) is 8.15. The van der Waals surface area contributed by atoms with E-state index in [1.54, 1.807) is 38.5 Å². The molecule has 0 amide bonds. The molecule has 27 heavy (non-hydrogen) atoms. The van der Waals surface area contributed by atoms with Gasteiger partial charge in [0, 0.05) is 11.8 Å². The van der Waals surface area contributed by atoms with E-state index in [4.69, 9.17) is 15.2 Å². The highest BCUT2D eigenvalue weighted by atomic mass is 127. The standard InChI is InChI=1S/C19H25FN4O2.HI/c1-24(2)16(13-5-7-14(20)8-6-13)12-22-19(21)23-15-9-10-17(25-3)18(11-15)26-4;/h5-11,16H,12H2,1-4H3,(H3,21,22,23);1H. The normalized spacial score (nSPS) is 12.3. The molecule has 0 aliphatic carbocycles. The number of nitrogens with two attached hydrogens (primary N) is 1. The van der Waals surface area contributed by atoms with Crippen molar-refractivity contribution in [2.75, 3.05) is 40.2 Å². The van der Waals surface area contributed by atoms with Crippen molar-refractivity contribution in [3.8, 4) is 11.5 Å². The summed E-state index contributed by atoms with van der Waals surface area (Å²) in [4.78, 5) is 6.43. The Hall–Kier alpha value is -2.07. The predicted molar refractivity (Wildman–Crippen MR) is 118 cm³/mol. The molecule has 0 aromatic heterocycles. The Bertz CT molecular complexity index is 754. The average Bonchev–Trinajstić information content (AvgIpc) is 2.63. The number of halogens is 2. The van der Waals surface area contributed by atoms with Crippen molar-refractivity contribution < 1.29 is 13.9 Å². The topological polar surface area (TPSA) is 72.1 Å². The summed E-state index contributed by atoms with van der Waals surface area (Å²) in [7, 11) is 7.05. The van der Waals surface area contributed by atoms with Crippen molar-refractivity contribution in [2.24, 2.45) is 10.7 Å². The van der Waals surface area contributed by atoms with E-state index in [2.05, 4.69) is 10.3 Å². The van der Waals surface area contributed by atoms with Crippen LogP contribution in [-0.2, 0) is 0 Å². The predicted octanol–water partition coefficient (Wildman–Crippen LogP) is 3.49. The van der Waals surface area contributed by atoms with E-state index in [0.29, 0.717) is 18.0 Å². The van der Waals surface area contributed by atoms with Crippen LogP contribution in [-0.4, -0.2) is 45.7 Å². The van der Waals surface area contributed by atoms with Crippen LogP contribution in [0.25, 0.3) is 0 Å². The summed E-state index contributed by atoms with van der Waals surface area (Å²) in [6.07, 6.45) is 0. The van der Waals surface area contributed by atoms with Crippen molar-refractivity contribution in [1.82, 2.24) is 4.90 Å². The van der Waals surface area contributed by atoms with Gasteiger partial charge in [0.1, 0.15) is 5.82 Å². The molecule has 0 radical (unpaired) electrons. The molecule has 0 spiro atoms. The maximum absolute atomic E-state index is 13.1. The molecule has 8 heteroatoms. The molecule has 2 aromatic rings. The van der Waals surface area contributed by atoms with Gasteiger partial charge in [0.25, 0.3) is 0 Å². The van der Waals surface area contributed by atoms with E-state index < -0.39 is 0 Å². The Morgan fingerprint density at radius 1 is 1.11 bits per heavy atom. The SMILES string of the molecule is COc1ccc(NC(N)=NCC(c2ccc(F)cc2)N(C)C)cc1OC.I. The number of anilines is 1. The number of ether oxygens (including phenoxy) is 2. The summed E-state index contributed by atoms with van der Waals surface area (Å²) in [6, 6.07) is 11.8. The molecule has 0 saturated carbocycles. The molecule has 3 N–H and O–H groups in total. The van der Waals surface area contributed by atoms with Gasteiger partial charge in [0.2, 0.25) is 0 Å².